The molecule has 0 bridgehead atoms. The van der Waals surface area contributed by atoms with Gasteiger partial charge < -0.3 is 10.3 Å². The monoisotopic (exact) mass is 437 g/mol. The van der Waals surface area contributed by atoms with Crippen molar-refractivity contribution in [3.8, 4) is 22.6 Å². The van der Waals surface area contributed by atoms with Crippen molar-refractivity contribution >= 4 is 33.4 Å². The second-order valence-electron chi connectivity index (χ2n) is 8.62. The third-order valence-electron chi connectivity index (χ3n) is 6.40. The molecule has 6 rings (SSSR count). The molecule has 1 saturated carbocycles. The largest absolute Gasteiger partial charge is 0.353 e. The van der Waals surface area contributed by atoms with Crippen LogP contribution in [0.1, 0.15) is 32.1 Å². The summed E-state index contributed by atoms with van der Waals surface area (Å²) in [5, 5.41) is 12.6. The molecule has 5 heterocycles. The van der Waals surface area contributed by atoms with Crippen molar-refractivity contribution in [2.45, 2.75) is 32.1 Å². The molecular formula is C25H23N7O. The van der Waals surface area contributed by atoms with Crippen molar-refractivity contribution in [1.82, 2.24) is 30.1 Å². The Hall–Kier alpha value is -4.07. The van der Waals surface area contributed by atoms with E-state index in [4.69, 9.17) is 0 Å². The summed E-state index contributed by atoms with van der Waals surface area (Å²) in [6.07, 6.45) is 14.2. The zero-order chi connectivity index (χ0) is 22.2. The molecule has 164 valence electrons. The summed E-state index contributed by atoms with van der Waals surface area (Å²) in [7, 11) is 0. The van der Waals surface area contributed by atoms with E-state index in [1.165, 1.54) is 6.42 Å². The molecule has 0 radical (unpaired) electrons. The summed E-state index contributed by atoms with van der Waals surface area (Å²) in [6, 6.07) is 7.92. The van der Waals surface area contributed by atoms with Crippen LogP contribution in [0.3, 0.4) is 0 Å². The average Bonchev–Trinajstić information content (AvgIpc) is 3.48. The van der Waals surface area contributed by atoms with E-state index in [-0.39, 0.29) is 11.8 Å². The maximum atomic E-state index is 12.7. The van der Waals surface area contributed by atoms with Gasteiger partial charge >= 0.3 is 0 Å². The van der Waals surface area contributed by atoms with Crippen molar-refractivity contribution < 1.29 is 4.79 Å². The molecule has 8 heteroatoms. The van der Waals surface area contributed by atoms with Gasteiger partial charge in [-0.25, -0.2) is 0 Å². The number of aromatic nitrogens is 6. The molecule has 0 aromatic carbocycles. The zero-order valence-electron chi connectivity index (χ0n) is 18.0. The standard InChI is InChI=1S/C25H23N7O/c33-25(15-4-2-1-3-5-15)29-18-8-16(12-27-13-18)21-10-19-23(14-28-21)31-32-24(19)22-9-17-11-26-7-6-20(17)30-22/h6-15,30H,1-5H2,(H,29,33)(H,31,32). The maximum absolute atomic E-state index is 12.7. The predicted molar refractivity (Wildman–Crippen MR) is 127 cm³/mol. The maximum Gasteiger partial charge on any atom is 0.227 e. The lowest BCUT2D eigenvalue weighted by molar-refractivity contribution is -0.120. The Morgan fingerprint density at radius 1 is 0.970 bits per heavy atom. The average molecular weight is 438 g/mol. The lowest BCUT2D eigenvalue weighted by atomic mass is 9.88. The van der Waals surface area contributed by atoms with Crippen LogP contribution in [0, 0.1) is 5.92 Å². The third kappa shape index (κ3) is 3.73. The van der Waals surface area contributed by atoms with Crippen molar-refractivity contribution in [2.75, 3.05) is 5.32 Å². The van der Waals surface area contributed by atoms with Crippen molar-refractivity contribution in [3.63, 3.8) is 0 Å². The van der Waals surface area contributed by atoms with Gasteiger partial charge in [0, 0.05) is 46.4 Å². The minimum atomic E-state index is 0.0856. The molecule has 33 heavy (non-hydrogen) atoms. The summed E-state index contributed by atoms with van der Waals surface area (Å²) in [5.41, 5.74) is 5.89. The fourth-order valence-electron chi connectivity index (χ4n) is 4.64. The van der Waals surface area contributed by atoms with Gasteiger partial charge in [-0.3, -0.25) is 24.8 Å². The van der Waals surface area contributed by atoms with E-state index in [0.717, 1.165) is 70.1 Å². The zero-order valence-corrected chi connectivity index (χ0v) is 18.0. The summed E-state index contributed by atoms with van der Waals surface area (Å²) in [4.78, 5) is 29.2. The molecule has 5 aromatic heterocycles. The van der Waals surface area contributed by atoms with Gasteiger partial charge in [0.25, 0.3) is 0 Å². The second-order valence-corrected chi connectivity index (χ2v) is 8.62. The molecule has 1 aliphatic carbocycles. The van der Waals surface area contributed by atoms with Crippen LogP contribution in [0.25, 0.3) is 44.5 Å². The minimum Gasteiger partial charge on any atom is -0.353 e. The van der Waals surface area contributed by atoms with Crippen molar-refractivity contribution in [2.24, 2.45) is 5.92 Å². The number of amides is 1. The molecule has 0 spiro atoms. The van der Waals surface area contributed by atoms with Crippen LogP contribution >= 0.6 is 0 Å². The number of pyridine rings is 3. The van der Waals surface area contributed by atoms with Crippen LogP contribution in [0.15, 0.2) is 55.2 Å². The Kier molecular flexibility index (Phi) is 4.83. The van der Waals surface area contributed by atoms with E-state index in [1.807, 2.05) is 30.5 Å². The van der Waals surface area contributed by atoms with Gasteiger partial charge in [-0.15, -0.1) is 0 Å². The molecule has 0 atom stereocenters. The topological polar surface area (TPSA) is 112 Å². The van der Waals surface area contributed by atoms with Crippen molar-refractivity contribution in [1.29, 1.82) is 0 Å². The number of anilines is 1. The van der Waals surface area contributed by atoms with Crippen LogP contribution in [-0.4, -0.2) is 36.0 Å². The van der Waals surface area contributed by atoms with Crippen LogP contribution in [0.4, 0.5) is 5.69 Å². The number of carbonyl (C=O) groups is 1. The van der Waals surface area contributed by atoms with Crippen LogP contribution in [-0.2, 0) is 4.79 Å². The second kappa shape index (κ2) is 8.12. The Labute approximate surface area is 189 Å². The molecule has 5 aromatic rings. The summed E-state index contributed by atoms with van der Waals surface area (Å²) < 4.78 is 0. The van der Waals surface area contributed by atoms with Gasteiger partial charge in [0.1, 0.15) is 5.69 Å². The highest BCUT2D eigenvalue weighted by Gasteiger charge is 2.21. The first-order valence-electron chi connectivity index (χ1n) is 11.3. The molecule has 0 saturated heterocycles. The fraction of sp³-hybridized carbons (Fsp3) is 0.240. The number of rotatable bonds is 4. The van der Waals surface area contributed by atoms with E-state index in [1.54, 1.807) is 24.8 Å². The van der Waals surface area contributed by atoms with Gasteiger partial charge in [-0.05, 0) is 37.1 Å². The van der Waals surface area contributed by atoms with E-state index in [2.05, 4.69) is 35.5 Å². The van der Waals surface area contributed by atoms with Gasteiger partial charge in [-0.1, -0.05) is 19.3 Å². The van der Waals surface area contributed by atoms with E-state index >= 15 is 0 Å². The smallest absolute Gasteiger partial charge is 0.227 e. The first-order chi connectivity index (χ1) is 16.2. The highest BCUT2D eigenvalue weighted by Crippen LogP contribution is 2.31. The Balaban J connectivity index is 1.32. The lowest BCUT2D eigenvalue weighted by Gasteiger charge is -2.20. The number of nitrogens with one attached hydrogen (secondary N) is 3. The number of aromatic amines is 2. The van der Waals surface area contributed by atoms with E-state index < -0.39 is 0 Å². The van der Waals surface area contributed by atoms with E-state index in [9.17, 15) is 4.79 Å². The third-order valence-corrected chi connectivity index (χ3v) is 6.40. The first-order valence-corrected chi connectivity index (χ1v) is 11.3. The molecule has 0 unspecified atom stereocenters. The highest BCUT2D eigenvalue weighted by atomic mass is 16.1. The molecular weight excluding hydrogens is 414 g/mol. The number of H-pyrrole nitrogens is 2. The molecule has 3 N–H and O–H groups in total. The summed E-state index contributed by atoms with van der Waals surface area (Å²) >= 11 is 0. The normalized spacial score (nSPS) is 14.7. The highest BCUT2D eigenvalue weighted by molar-refractivity contribution is 5.97. The van der Waals surface area contributed by atoms with Crippen LogP contribution < -0.4 is 5.32 Å². The Morgan fingerprint density at radius 2 is 1.88 bits per heavy atom. The Morgan fingerprint density at radius 3 is 2.76 bits per heavy atom. The number of hydrogen-bond acceptors (Lipinski definition) is 5. The minimum absolute atomic E-state index is 0.0856. The van der Waals surface area contributed by atoms with Crippen molar-refractivity contribution in [3.05, 3.63) is 55.2 Å². The van der Waals surface area contributed by atoms with Gasteiger partial charge in [0.05, 0.1) is 35.0 Å². The van der Waals surface area contributed by atoms with Gasteiger partial charge in [-0.2, -0.15) is 5.10 Å². The van der Waals surface area contributed by atoms with Gasteiger partial charge in [0.2, 0.25) is 5.91 Å². The molecule has 1 amide bonds. The van der Waals surface area contributed by atoms with E-state index in [0.29, 0.717) is 5.69 Å². The number of fused-ring (bicyclic) bond motifs is 2. The molecule has 0 aliphatic heterocycles. The number of nitrogens with zero attached hydrogens (tertiary/aromatic N) is 4. The SMILES string of the molecule is O=C(Nc1cncc(-c2cc3c(-c4cc5cnccc5[nH]4)n[nH]c3cn2)c1)C1CCCCC1. The fourth-order valence-corrected chi connectivity index (χ4v) is 4.64. The molecule has 1 aliphatic rings. The quantitative estimate of drug-likeness (QED) is 0.363. The van der Waals surface area contributed by atoms with Gasteiger partial charge in [0.15, 0.2) is 0 Å². The predicted octanol–water partition coefficient (Wildman–Crippen LogP) is 5.08. The summed E-state index contributed by atoms with van der Waals surface area (Å²) in [6.45, 7) is 0. The van der Waals surface area contributed by atoms with Crippen LogP contribution in [0.2, 0.25) is 0 Å². The lowest BCUT2D eigenvalue weighted by Crippen LogP contribution is -2.24. The van der Waals surface area contributed by atoms with Crippen LogP contribution in [0.5, 0.6) is 0 Å². The first kappa shape index (κ1) is 19.6. The number of hydrogen-bond donors (Lipinski definition) is 3. The summed E-state index contributed by atoms with van der Waals surface area (Å²) in [5.74, 6) is 0.180. The number of carbonyl (C=O) groups excluding carboxylic acids is 1. The molecule has 1 fully saturated rings. The molecule has 8 nitrogen and oxygen atoms in total. The Bertz CT molecular complexity index is 1430.